The zero-order chi connectivity index (χ0) is 12.9. The molecule has 1 rings (SSSR count). The standard InChI is InChI=1S/C14H28N2O/c1-11(2)6-5-7-12(3)16-13(17)14(4)8-9-15-10-14/h11-12,15H,5-10H2,1-4H3,(H,16,17). The predicted molar refractivity (Wildman–Crippen MR) is 71.9 cm³/mol. The Kier molecular flexibility index (Phi) is 5.44. The van der Waals surface area contributed by atoms with E-state index in [1.807, 2.05) is 0 Å². The average molecular weight is 240 g/mol. The van der Waals surface area contributed by atoms with Gasteiger partial charge in [-0.3, -0.25) is 4.79 Å². The number of carbonyl (C=O) groups is 1. The number of carbonyl (C=O) groups excluding carboxylic acids is 1. The highest BCUT2D eigenvalue weighted by molar-refractivity contribution is 5.83. The van der Waals surface area contributed by atoms with Gasteiger partial charge in [0.25, 0.3) is 0 Å². The zero-order valence-corrected chi connectivity index (χ0v) is 11.8. The van der Waals surface area contributed by atoms with Crippen molar-refractivity contribution >= 4 is 5.91 Å². The van der Waals surface area contributed by atoms with Crippen LogP contribution in [0.25, 0.3) is 0 Å². The van der Waals surface area contributed by atoms with Crippen LogP contribution in [-0.4, -0.2) is 25.0 Å². The van der Waals surface area contributed by atoms with Gasteiger partial charge < -0.3 is 10.6 Å². The molecular formula is C14H28N2O. The summed E-state index contributed by atoms with van der Waals surface area (Å²) in [5.41, 5.74) is -0.188. The lowest BCUT2D eigenvalue weighted by Gasteiger charge is -2.24. The van der Waals surface area contributed by atoms with Crippen molar-refractivity contribution in [3.63, 3.8) is 0 Å². The van der Waals surface area contributed by atoms with Crippen LogP contribution in [0.15, 0.2) is 0 Å². The van der Waals surface area contributed by atoms with Gasteiger partial charge in [-0.1, -0.05) is 26.7 Å². The van der Waals surface area contributed by atoms with Crippen LogP contribution in [0.5, 0.6) is 0 Å². The third-order valence-electron chi connectivity index (χ3n) is 3.71. The lowest BCUT2D eigenvalue weighted by atomic mass is 9.88. The van der Waals surface area contributed by atoms with Gasteiger partial charge >= 0.3 is 0 Å². The molecule has 0 aromatic carbocycles. The lowest BCUT2D eigenvalue weighted by Crippen LogP contribution is -2.44. The van der Waals surface area contributed by atoms with Crippen LogP contribution in [0, 0.1) is 11.3 Å². The van der Waals surface area contributed by atoms with Crippen molar-refractivity contribution < 1.29 is 4.79 Å². The largest absolute Gasteiger partial charge is 0.353 e. The van der Waals surface area contributed by atoms with E-state index in [1.54, 1.807) is 0 Å². The normalized spacial score (nSPS) is 26.2. The average Bonchev–Trinajstić information content (AvgIpc) is 2.66. The lowest BCUT2D eigenvalue weighted by molar-refractivity contribution is -0.129. The number of rotatable bonds is 6. The molecule has 0 spiro atoms. The summed E-state index contributed by atoms with van der Waals surface area (Å²) in [6, 6.07) is 0.304. The van der Waals surface area contributed by atoms with Gasteiger partial charge in [0.15, 0.2) is 0 Å². The van der Waals surface area contributed by atoms with Crippen molar-refractivity contribution in [2.24, 2.45) is 11.3 Å². The SMILES string of the molecule is CC(C)CCCC(C)NC(=O)C1(C)CCNC1. The van der Waals surface area contributed by atoms with Crippen molar-refractivity contribution in [1.29, 1.82) is 0 Å². The number of hydrogen-bond donors (Lipinski definition) is 2. The molecular weight excluding hydrogens is 212 g/mol. The Morgan fingerprint density at radius 1 is 1.35 bits per heavy atom. The summed E-state index contributed by atoms with van der Waals surface area (Å²) in [6.07, 6.45) is 4.50. The molecule has 3 heteroatoms. The number of nitrogens with one attached hydrogen (secondary N) is 2. The second-order valence-corrected chi connectivity index (χ2v) is 6.19. The first-order valence-electron chi connectivity index (χ1n) is 6.96. The smallest absolute Gasteiger partial charge is 0.227 e. The Hall–Kier alpha value is -0.570. The van der Waals surface area contributed by atoms with Crippen molar-refractivity contribution in [2.75, 3.05) is 13.1 Å². The fraction of sp³-hybridized carbons (Fsp3) is 0.929. The second kappa shape index (κ2) is 6.39. The molecule has 2 unspecified atom stereocenters. The van der Waals surface area contributed by atoms with E-state index in [9.17, 15) is 4.79 Å². The monoisotopic (exact) mass is 240 g/mol. The van der Waals surface area contributed by atoms with Gasteiger partial charge in [0.1, 0.15) is 0 Å². The summed E-state index contributed by atoms with van der Waals surface area (Å²) in [6.45, 7) is 10.4. The van der Waals surface area contributed by atoms with Gasteiger partial charge in [-0.15, -0.1) is 0 Å². The third kappa shape index (κ3) is 4.66. The van der Waals surface area contributed by atoms with Crippen LogP contribution >= 0.6 is 0 Å². The molecule has 0 bridgehead atoms. The summed E-state index contributed by atoms with van der Waals surface area (Å²) >= 11 is 0. The van der Waals surface area contributed by atoms with Crippen LogP contribution < -0.4 is 10.6 Å². The van der Waals surface area contributed by atoms with Crippen molar-refractivity contribution in [3.8, 4) is 0 Å². The summed E-state index contributed by atoms with van der Waals surface area (Å²) in [5, 5.41) is 6.42. The molecule has 0 radical (unpaired) electrons. The van der Waals surface area contributed by atoms with E-state index >= 15 is 0 Å². The van der Waals surface area contributed by atoms with E-state index in [-0.39, 0.29) is 11.3 Å². The molecule has 0 aliphatic carbocycles. The molecule has 2 N–H and O–H groups in total. The van der Waals surface area contributed by atoms with Gasteiger partial charge in [-0.05, 0) is 39.2 Å². The van der Waals surface area contributed by atoms with E-state index in [1.165, 1.54) is 12.8 Å². The highest BCUT2D eigenvalue weighted by atomic mass is 16.2. The van der Waals surface area contributed by atoms with Gasteiger partial charge in [-0.25, -0.2) is 0 Å². The molecule has 1 aliphatic heterocycles. The fourth-order valence-electron chi connectivity index (χ4n) is 2.31. The number of hydrogen-bond acceptors (Lipinski definition) is 2. The second-order valence-electron chi connectivity index (χ2n) is 6.19. The molecule has 100 valence electrons. The first-order chi connectivity index (χ1) is 7.94. The van der Waals surface area contributed by atoms with Crippen LogP contribution in [0.4, 0.5) is 0 Å². The molecule has 17 heavy (non-hydrogen) atoms. The maximum Gasteiger partial charge on any atom is 0.227 e. The molecule has 0 aromatic heterocycles. The van der Waals surface area contributed by atoms with E-state index in [0.29, 0.717) is 6.04 Å². The minimum atomic E-state index is -0.188. The Balaban J connectivity index is 2.25. The molecule has 0 aromatic rings. The van der Waals surface area contributed by atoms with Crippen LogP contribution in [0.2, 0.25) is 0 Å². The Bertz CT molecular complexity index is 245. The summed E-state index contributed by atoms with van der Waals surface area (Å²) in [7, 11) is 0. The van der Waals surface area contributed by atoms with Gasteiger partial charge in [0, 0.05) is 12.6 Å². The fourth-order valence-corrected chi connectivity index (χ4v) is 2.31. The zero-order valence-electron chi connectivity index (χ0n) is 11.8. The summed E-state index contributed by atoms with van der Waals surface area (Å²) in [4.78, 5) is 12.1. The first-order valence-corrected chi connectivity index (χ1v) is 6.96. The number of amides is 1. The van der Waals surface area contributed by atoms with Crippen molar-refractivity contribution in [3.05, 3.63) is 0 Å². The van der Waals surface area contributed by atoms with Crippen LogP contribution in [0.3, 0.4) is 0 Å². The Morgan fingerprint density at radius 2 is 2.06 bits per heavy atom. The molecule has 1 aliphatic rings. The third-order valence-corrected chi connectivity index (χ3v) is 3.71. The van der Waals surface area contributed by atoms with Crippen LogP contribution in [-0.2, 0) is 4.79 Å². The maximum atomic E-state index is 12.1. The van der Waals surface area contributed by atoms with Gasteiger partial charge in [-0.2, -0.15) is 0 Å². The van der Waals surface area contributed by atoms with Gasteiger partial charge in [0.2, 0.25) is 5.91 Å². The maximum absolute atomic E-state index is 12.1. The molecule has 1 heterocycles. The quantitative estimate of drug-likeness (QED) is 0.748. The topological polar surface area (TPSA) is 41.1 Å². The Labute approximate surface area is 106 Å². The Morgan fingerprint density at radius 3 is 2.59 bits per heavy atom. The van der Waals surface area contributed by atoms with E-state index in [2.05, 4.69) is 38.3 Å². The van der Waals surface area contributed by atoms with E-state index in [0.717, 1.165) is 31.8 Å². The van der Waals surface area contributed by atoms with E-state index in [4.69, 9.17) is 0 Å². The molecule has 1 fully saturated rings. The van der Waals surface area contributed by atoms with Gasteiger partial charge in [0.05, 0.1) is 5.41 Å². The minimum Gasteiger partial charge on any atom is -0.353 e. The first kappa shape index (κ1) is 14.5. The molecule has 0 saturated carbocycles. The molecule has 3 nitrogen and oxygen atoms in total. The van der Waals surface area contributed by atoms with Crippen molar-refractivity contribution in [1.82, 2.24) is 10.6 Å². The minimum absolute atomic E-state index is 0.188. The van der Waals surface area contributed by atoms with E-state index < -0.39 is 0 Å². The van der Waals surface area contributed by atoms with Crippen molar-refractivity contribution in [2.45, 2.75) is 59.4 Å². The summed E-state index contributed by atoms with van der Waals surface area (Å²) < 4.78 is 0. The highest BCUT2D eigenvalue weighted by Gasteiger charge is 2.36. The van der Waals surface area contributed by atoms with Crippen LogP contribution in [0.1, 0.15) is 53.4 Å². The highest BCUT2D eigenvalue weighted by Crippen LogP contribution is 2.24. The molecule has 2 atom stereocenters. The molecule has 1 amide bonds. The summed E-state index contributed by atoms with van der Waals surface area (Å²) in [5.74, 6) is 0.981. The predicted octanol–water partition coefficient (Wildman–Crippen LogP) is 2.32. The molecule has 1 saturated heterocycles.